The van der Waals surface area contributed by atoms with Gasteiger partial charge in [-0.25, -0.2) is 0 Å². The monoisotopic (exact) mass is 314 g/mol. The third-order valence-corrected chi connectivity index (χ3v) is 3.10. The molecule has 0 radical (unpaired) electrons. The maximum absolute atomic E-state index is 11.9. The highest BCUT2D eigenvalue weighted by atomic mass is 35.5. The summed E-state index contributed by atoms with van der Waals surface area (Å²) < 4.78 is 10.8. The first-order valence-electron chi connectivity index (χ1n) is 7.10. The number of hydrogen-bond acceptors (Lipinski definition) is 4. The van der Waals surface area contributed by atoms with E-state index in [2.05, 4.69) is 17.6 Å². The van der Waals surface area contributed by atoms with Crippen molar-refractivity contribution in [3.8, 4) is 5.75 Å². The van der Waals surface area contributed by atoms with Gasteiger partial charge in [-0.3, -0.25) is 4.79 Å². The van der Waals surface area contributed by atoms with Gasteiger partial charge in [0.2, 0.25) is 5.91 Å². The van der Waals surface area contributed by atoms with Crippen LogP contribution in [-0.4, -0.2) is 38.3 Å². The van der Waals surface area contributed by atoms with Crippen molar-refractivity contribution in [1.29, 1.82) is 0 Å². The van der Waals surface area contributed by atoms with Gasteiger partial charge in [-0.05, 0) is 24.1 Å². The fraction of sp³-hybridized carbons (Fsp3) is 0.533. The quantitative estimate of drug-likeness (QED) is 0.835. The standard InChI is InChI=1S/C15H22N2O3.ClH/c1-2-8-20-13-5-3-12(4-6-13)10-17-15(18)14-11-19-9-7-16-14;/h3-6,14,16H,2,7-11H2,1H3,(H,17,18);1H. The Morgan fingerprint density at radius 1 is 1.43 bits per heavy atom. The van der Waals surface area contributed by atoms with Crippen molar-refractivity contribution in [2.75, 3.05) is 26.4 Å². The lowest BCUT2D eigenvalue weighted by Crippen LogP contribution is -2.51. The van der Waals surface area contributed by atoms with E-state index in [-0.39, 0.29) is 24.4 Å². The second kappa shape index (κ2) is 9.60. The largest absolute Gasteiger partial charge is 0.494 e. The Labute approximate surface area is 131 Å². The molecule has 1 unspecified atom stereocenters. The molecule has 2 N–H and O–H groups in total. The van der Waals surface area contributed by atoms with Crippen molar-refractivity contribution >= 4 is 18.3 Å². The van der Waals surface area contributed by atoms with Crippen LogP contribution in [0.15, 0.2) is 24.3 Å². The first-order chi connectivity index (χ1) is 9.79. The van der Waals surface area contributed by atoms with Crippen molar-refractivity contribution in [2.24, 2.45) is 0 Å². The molecule has 21 heavy (non-hydrogen) atoms. The van der Waals surface area contributed by atoms with Gasteiger partial charge in [0.15, 0.2) is 0 Å². The van der Waals surface area contributed by atoms with Gasteiger partial charge < -0.3 is 20.1 Å². The second-order valence-corrected chi connectivity index (χ2v) is 4.79. The van der Waals surface area contributed by atoms with E-state index in [1.165, 1.54) is 0 Å². The highest BCUT2D eigenvalue weighted by molar-refractivity contribution is 5.85. The van der Waals surface area contributed by atoms with E-state index >= 15 is 0 Å². The molecule has 1 atom stereocenters. The maximum Gasteiger partial charge on any atom is 0.239 e. The van der Waals surface area contributed by atoms with Crippen molar-refractivity contribution in [1.82, 2.24) is 10.6 Å². The predicted molar refractivity (Wildman–Crippen MR) is 83.9 cm³/mol. The molecule has 1 aliphatic rings. The molecule has 6 heteroatoms. The minimum absolute atomic E-state index is 0. The van der Waals surface area contributed by atoms with Crippen LogP contribution in [0.2, 0.25) is 0 Å². The lowest BCUT2D eigenvalue weighted by molar-refractivity contribution is -0.126. The summed E-state index contributed by atoms with van der Waals surface area (Å²) in [6.07, 6.45) is 0.994. The topological polar surface area (TPSA) is 59.6 Å². The van der Waals surface area contributed by atoms with Gasteiger partial charge in [0.1, 0.15) is 11.8 Å². The van der Waals surface area contributed by atoms with Crippen LogP contribution in [0.1, 0.15) is 18.9 Å². The lowest BCUT2D eigenvalue weighted by atomic mass is 10.2. The number of amides is 1. The molecule has 0 spiro atoms. The molecule has 1 fully saturated rings. The molecule has 118 valence electrons. The number of rotatable bonds is 6. The molecule has 1 heterocycles. The summed E-state index contributed by atoms with van der Waals surface area (Å²) in [5.74, 6) is 0.847. The minimum atomic E-state index is -0.240. The highest BCUT2D eigenvalue weighted by Crippen LogP contribution is 2.12. The molecule has 0 bridgehead atoms. The fourth-order valence-corrected chi connectivity index (χ4v) is 1.97. The Morgan fingerprint density at radius 3 is 2.81 bits per heavy atom. The molecule has 1 aromatic carbocycles. The van der Waals surface area contributed by atoms with Crippen LogP contribution in [0.4, 0.5) is 0 Å². The number of ether oxygens (including phenoxy) is 2. The number of morpholine rings is 1. The van der Waals surface area contributed by atoms with E-state index in [1.54, 1.807) is 0 Å². The Hall–Kier alpha value is -1.30. The van der Waals surface area contributed by atoms with E-state index < -0.39 is 0 Å². The van der Waals surface area contributed by atoms with E-state index in [0.29, 0.717) is 19.8 Å². The van der Waals surface area contributed by atoms with Crippen molar-refractivity contribution in [2.45, 2.75) is 25.9 Å². The first kappa shape index (κ1) is 17.8. The number of nitrogens with one attached hydrogen (secondary N) is 2. The zero-order valence-corrected chi connectivity index (χ0v) is 13.1. The van der Waals surface area contributed by atoms with Crippen molar-refractivity contribution in [3.05, 3.63) is 29.8 Å². The van der Waals surface area contributed by atoms with Crippen LogP contribution in [0.3, 0.4) is 0 Å². The molecular formula is C15H23ClN2O3. The molecule has 1 saturated heterocycles. The van der Waals surface area contributed by atoms with Crippen LogP contribution in [0.5, 0.6) is 5.75 Å². The van der Waals surface area contributed by atoms with Crippen LogP contribution < -0.4 is 15.4 Å². The average Bonchev–Trinajstić information content (AvgIpc) is 2.52. The number of hydrogen-bond donors (Lipinski definition) is 2. The van der Waals surface area contributed by atoms with Gasteiger partial charge in [0.25, 0.3) is 0 Å². The van der Waals surface area contributed by atoms with Gasteiger partial charge in [-0.2, -0.15) is 0 Å². The van der Waals surface area contributed by atoms with Crippen molar-refractivity contribution < 1.29 is 14.3 Å². The Kier molecular flexibility index (Phi) is 8.12. The van der Waals surface area contributed by atoms with Crippen LogP contribution in [-0.2, 0) is 16.1 Å². The third kappa shape index (κ3) is 5.91. The van der Waals surface area contributed by atoms with Gasteiger partial charge in [-0.15, -0.1) is 12.4 Å². The summed E-state index contributed by atoms with van der Waals surface area (Å²) in [5, 5.41) is 6.04. The summed E-state index contributed by atoms with van der Waals surface area (Å²) in [6, 6.07) is 7.56. The van der Waals surface area contributed by atoms with E-state index in [1.807, 2.05) is 24.3 Å². The van der Waals surface area contributed by atoms with Gasteiger partial charge in [0, 0.05) is 13.1 Å². The predicted octanol–water partition coefficient (Wildman–Crippen LogP) is 1.50. The highest BCUT2D eigenvalue weighted by Gasteiger charge is 2.20. The molecule has 0 saturated carbocycles. The summed E-state index contributed by atoms with van der Waals surface area (Å²) in [5.41, 5.74) is 1.05. The molecule has 0 aliphatic carbocycles. The number of halogens is 1. The molecule has 2 rings (SSSR count). The van der Waals surface area contributed by atoms with Crippen LogP contribution >= 0.6 is 12.4 Å². The molecule has 1 aromatic rings. The fourth-order valence-electron chi connectivity index (χ4n) is 1.97. The Morgan fingerprint density at radius 2 is 2.19 bits per heavy atom. The van der Waals surface area contributed by atoms with Crippen molar-refractivity contribution in [3.63, 3.8) is 0 Å². The normalized spacial score (nSPS) is 17.7. The molecule has 1 amide bonds. The SMILES string of the molecule is CCCOc1ccc(CNC(=O)C2COCCN2)cc1.Cl. The average molecular weight is 315 g/mol. The summed E-state index contributed by atoms with van der Waals surface area (Å²) in [6.45, 7) is 5.15. The van der Waals surface area contributed by atoms with E-state index in [0.717, 1.165) is 30.9 Å². The molecule has 1 aliphatic heterocycles. The summed E-state index contributed by atoms with van der Waals surface area (Å²) >= 11 is 0. The minimum Gasteiger partial charge on any atom is -0.494 e. The number of benzene rings is 1. The smallest absolute Gasteiger partial charge is 0.239 e. The number of carbonyl (C=O) groups excluding carboxylic acids is 1. The first-order valence-corrected chi connectivity index (χ1v) is 7.10. The molecular weight excluding hydrogens is 292 g/mol. The maximum atomic E-state index is 11.9. The summed E-state index contributed by atoms with van der Waals surface area (Å²) in [7, 11) is 0. The molecule has 0 aromatic heterocycles. The lowest BCUT2D eigenvalue weighted by Gasteiger charge is -2.22. The Bertz CT molecular complexity index is 419. The van der Waals surface area contributed by atoms with Crippen LogP contribution in [0.25, 0.3) is 0 Å². The van der Waals surface area contributed by atoms with Gasteiger partial charge in [-0.1, -0.05) is 19.1 Å². The molecule has 5 nitrogen and oxygen atoms in total. The second-order valence-electron chi connectivity index (χ2n) is 4.79. The third-order valence-electron chi connectivity index (χ3n) is 3.10. The summed E-state index contributed by atoms with van der Waals surface area (Å²) in [4.78, 5) is 11.9. The van der Waals surface area contributed by atoms with E-state index in [9.17, 15) is 4.79 Å². The van der Waals surface area contributed by atoms with Crippen LogP contribution in [0, 0.1) is 0 Å². The van der Waals surface area contributed by atoms with E-state index in [4.69, 9.17) is 9.47 Å². The zero-order valence-electron chi connectivity index (χ0n) is 12.3. The number of carbonyl (C=O) groups is 1. The Balaban J connectivity index is 0.00000220. The zero-order chi connectivity index (χ0) is 14.2. The van der Waals surface area contributed by atoms with Gasteiger partial charge in [0.05, 0.1) is 19.8 Å². The van der Waals surface area contributed by atoms with Gasteiger partial charge >= 0.3 is 0 Å².